The second-order valence-electron chi connectivity index (χ2n) is 4.09. The van der Waals surface area contributed by atoms with E-state index in [0.29, 0.717) is 11.3 Å². The van der Waals surface area contributed by atoms with Crippen LogP contribution in [0.4, 0.5) is 11.4 Å². The highest BCUT2D eigenvalue weighted by molar-refractivity contribution is 7.99. The standard InChI is InChI=1S/C12H17N3OS/c13-9-2-3-10(12(14)16)11(8-9)15-4-1-6-17-7-5-15/h2-3,8H,1,4-7,13H2,(H2,14,16). The Bertz CT molecular complexity index is 414. The van der Waals surface area contributed by atoms with Gasteiger partial charge in [-0.3, -0.25) is 4.79 Å². The first-order valence-electron chi connectivity index (χ1n) is 5.70. The number of nitrogens with two attached hydrogens (primary N) is 2. The summed E-state index contributed by atoms with van der Waals surface area (Å²) >= 11 is 1.94. The fourth-order valence-corrected chi connectivity index (χ4v) is 2.89. The molecule has 0 spiro atoms. The number of hydrogen-bond donors (Lipinski definition) is 2. The van der Waals surface area contributed by atoms with Crippen molar-refractivity contribution < 1.29 is 4.79 Å². The number of nitrogen functional groups attached to an aromatic ring is 1. The van der Waals surface area contributed by atoms with E-state index in [2.05, 4.69) is 4.90 Å². The molecule has 0 saturated carbocycles. The predicted octanol–water partition coefficient (Wildman–Crippen LogP) is 1.31. The summed E-state index contributed by atoms with van der Waals surface area (Å²) in [4.78, 5) is 13.6. The van der Waals surface area contributed by atoms with Crippen molar-refractivity contribution in [2.75, 3.05) is 35.2 Å². The number of amides is 1. The Morgan fingerprint density at radius 1 is 1.29 bits per heavy atom. The van der Waals surface area contributed by atoms with Crippen LogP contribution in [0, 0.1) is 0 Å². The molecule has 0 aromatic heterocycles. The molecule has 1 heterocycles. The number of hydrogen-bond acceptors (Lipinski definition) is 4. The fraction of sp³-hybridized carbons (Fsp3) is 0.417. The summed E-state index contributed by atoms with van der Waals surface area (Å²) in [6, 6.07) is 5.28. The zero-order valence-corrected chi connectivity index (χ0v) is 10.5. The van der Waals surface area contributed by atoms with E-state index in [0.717, 1.165) is 31.0 Å². The van der Waals surface area contributed by atoms with Crippen LogP contribution in [0.25, 0.3) is 0 Å². The number of thioether (sulfide) groups is 1. The minimum atomic E-state index is -0.392. The lowest BCUT2D eigenvalue weighted by Crippen LogP contribution is -2.28. The quantitative estimate of drug-likeness (QED) is 0.777. The topological polar surface area (TPSA) is 72.3 Å². The minimum Gasteiger partial charge on any atom is -0.399 e. The zero-order valence-electron chi connectivity index (χ0n) is 9.69. The highest BCUT2D eigenvalue weighted by Crippen LogP contribution is 2.25. The molecule has 17 heavy (non-hydrogen) atoms. The molecule has 1 aliphatic rings. The summed E-state index contributed by atoms with van der Waals surface area (Å²) in [5.74, 6) is 1.86. The smallest absolute Gasteiger partial charge is 0.250 e. The van der Waals surface area contributed by atoms with Crippen molar-refractivity contribution in [1.82, 2.24) is 0 Å². The summed E-state index contributed by atoms with van der Waals surface area (Å²) in [6.07, 6.45) is 1.12. The van der Waals surface area contributed by atoms with Crippen LogP contribution in [0.1, 0.15) is 16.8 Å². The van der Waals surface area contributed by atoms with Gasteiger partial charge in [0, 0.05) is 24.5 Å². The van der Waals surface area contributed by atoms with Crippen LogP contribution in [-0.2, 0) is 0 Å². The number of benzene rings is 1. The lowest BCUT2D eigenvalue weighted by atomic mass is 10.1. The van der Waals surface area contributed by atoms with E-state index < -0.39 is 5.91 Å². The molecule has 1 aliphatic heterocycles. The highest BCUT2D eigenvalue weighted by Gasteiger charge is 2.16. The molecule has 92 valence electrons. The van der Waals surface area contributed by atoms with E-state index in [4.69, 9.17) is 11.5 Å². The molecule has 4 N–H and O–H groups in total. The van der Waals surface area contributed by atoms with Crippen LogP contribution >= 0.6 is 11.8 Å². The Kier molecular flexibility index (Phi) is 3.78. The van der Waals surface area contributed by atoms with E-state index in [-0.39, 0.29) is 0 Å². The van der Waals surface area contributed by atoms with E-state index in [1.54, 1.807) is 12.1 Å². The predicted molar refractivity (Wildman–Crippen MR) is 73.5 cm³/mol. The summed E-state index contributed by atoms with van der Waals surface area (Å²) in [7, 11) is 0. The maximum atomic E-state index is 11.4. The fourth-order valence-electron chi connectivity index (χ4n) is 2.01. The molecule has 0 radical (unpaired) electrons. The molecule has 0 unspecified atom stereocenters. The number of nitrogens with zero attached hydrogens (tertiary/aromatic N) is 1. The van der Waals surface area contributed by atoms with Crippen molar-refractivity contribution in [3.8, 4) is 0 Å². The third kappa shape index (κ3) is 2.85. The normalized spacial score (nSPS) is 16.6. The minimum absolute atomic E-state index is 0.392. The van der Waals surface area contributed by atoms with Gasteiger partial charge in [-0.15, -0.1) is 0 Å². The van der Waals surface area contributed by atoms with Crippen LogP contribution < -0.4 is 16.4 Å². The number of carbonyl (C=O) groups is 1. The average molecular weight is 251 g/mol. The van der Waals surface area contributed by atoms with E-state index in [1.807, 2.05) is 17.8 Å². The second-order valence-corrected chi connectivity index (χ2v) is 5.32. The maximum Gasteiger partial charge on any atom is 0.250 e. The van der Waals surface area contributed by atoms with Crippen molar-refractivity contribution in [1.29, 1.82) is 0 Å². The third-order valence-corrected chi connectivity index (χ3v) is 3.90. The van der Waals surface area contributed by atoms with E-state index >= 15 is 0 Å². The molecule has 0 bridgehead atoms. The van der Waals surface area contributed by atoms with Crippen LogP contribution in [0.2, 0.25) is 0 Å². The molecular formula is C12H17N3OS. The molecule has 5 heteroatoms. The molecule has 4 nitrogen and oxygen atoms in total. The van der Waals surface area contributed by atoms with Crippen LogP contribution in [0.15, 0.2) is 18.2 Å². The van der Waals surface area contributed by atoms with E-state index in [9.17, 15) is 4.79 Å². The first kappa shape index (κ1) is 12.1. The van der Waals surface area contributed by atoms with Gasteiger partial charge in [0.25, 0.3) is 5.91 Å². The highest BCUT2D eigenvalue weighted by atomic mass is 32.2. The molecule has 0 aliphatic carbocycles. The van der Waals surface area contributed by atoms with Gasteiger partial charge in [-0.2, -0.15) is 11.8 Å². The molecule has 1 aromatic carbocycles. The molecule has 1 aromatic rings. The third-order valence-electron chi connectivity index (χ3n) is 2.85. The Hall–Kier alpha value is -1.36. The summed E-state index contributed by atoms with van der Waals surface area (Å²) in [5, 5.41) is 0. The number of carbonyl (C=O) groups excluding carboxylic acids is 1. The van der Waals surface area contributed by atoms with Crippen molar-refractivity contribution in [3.63, 3.8) is 0 Å². The second kappa shape index (κ2) is 5.31. The van der Waals surface area contributed by atoms with Gasteiger partial charge in [0.05, 0.1) is 11.3 Å². The molecule has 0 atom stereocenters. The molecule has 1 saturated heterocycles. The molecule has 1 amide bonds. The summed E-state index contributed by atoms with van der Waals surface area (Å²) < 4.78 is 0. The SMILES string of the molecule is NC(=O)c1ccc(N)cc1N1CCCSCC1. The Labute approximate surface area is 105 Å². The van der Waals surface area contributed by atoms with Crippen molar-refractivity contribution >= 4 is 29.0 Å². The average Bonchev–Trinajstić information content (AvgIpc) is 2.56. The molecule has 2 rings (SSSR count). The summed E-state index contributed by atoms with van der Waals surface area (Å²) in [6.45, 7) is 1.89. The van der Waals surface area contributed by atoms with Gasteiger partial charge in [0.2, 0.25) is 0 Å². The Morgan fingerprint density at radius 3 is 2.88 bits per heavy atom. The van der Waals surface area contributed by atoms with Gasteiger partial charge in [0.15, 0.2) is 0 Å². The Morgan fingerprint density at radius 2 is 2.12 bits per heavy atom. The van der Waals surface area contributed by atoms with Gasteiger partial charge < -0.3 is 16.4 Å². The van der Waals surface area contributed by atoms with Gasteiger partial charge in [0.1, 0.15) is 0 Å². The van der Waals surface area contributed by atoms with Crippen molar-refractivity contribution in [3.05, 3.63) is 23.8 Å². The van der Waals surface area contributed by atoms with Crippen molar-refractivity contribution in [2.24, 2.45) is 5.73 Å². The van der Waals surface area contributed by atoms with Gasteiger partial charge >= 0.3 is 0 Å². The van der Waals surface area contributed by atoms with Gasteiger partial charge in [-0.05, 0) is 30.4 Å². The monoisotopic (exact) mass is 251 g/mol. The van der Waals surface area contributed by atoms with Crippen LogP contribution in [0.5, 0.6) is 0 Å². The van der Waals surface area contributed by atoms with Gasteiger partial charge in [-0.1, -0.05) is 0 Å². The Balaban J connectivity index is 2.34. The van der Waals surface area contributed by atoms with Crippen LogP contribution in [-0.4, -0.2) is 30.5 Å². The van der Waals surface area contributed by atoms with E-state index in [1.165, 1.54) is 5.75 Å². The van der Waals surface area contributed by atoms with Crippen LogP contribution in [0.3, 0.4) is 0 Å². The zero-order chi connectivity index (χ0) is 12.3. The number of rotatable bonds is 2. The lowest BCUT2D eigenvalue weighted by Gasteiger charge is -2.24. The van der Waals surface area contributed by atoms with Crippen molar-refractivity contribution in [2.45, 2.75) is 6.42 Å². The van der Waals surface area contributed by atoms with Gasteiger partial charge in [-0.25, -0.2) is 0 Å². The maximum absolute atomic E-state index is 11.4. The summed E-state index contributed by atoms with van der Waals surface area (Å²) in [5.41, 5.74) is 13.3. The molecular weight excluding hydrogens is 234 g/mol. The number of primary amides is 1. The first-order chi connectivity index (χ1) is 8.18. The number of anilines is 2. The largest absolute Gasteiger partial charge is 0.399 e. The lowest BCUT2D eigenvalue weighted by molar-refractivity contribution is 0.100. The molecule has 1 fully saturated rings. The first-order valence-corrected chi connectivity index (χ1v) is 6.86.